The average Bonchev–Trinajstić information content (AvgIpc) is 3.10. The molecule has 0 saturated heterocycles. The number of carbonyl (C=O) groups excluding carboxylic acids is 1. The van der Waals surface area contributed by atoms with Crippen molar-refractivity contribution < 1.29 is 39.1 Å². The van der Waals surface area contributed by atoms with Crippen molar-refractivity contribution in [3.05, 3.63) is 40.4 Å². The molecule has 0 bridgehead atoms. The number of nitrogens with zero attached hydrogens (tertiary/aromatic N) is 2. The van der Waals surface area contributed by atoms with Gasteiger partial charge in [0.1, 0.15) is 11.4 Å². The second-order valence-corrected chi connectivity index (χ2v) is 6.96. The van der Waals surface area contributed by atoms with Crippen molar-refractivity contribution in [1.29, 1.82) is 0 Å². The molecular formula is C16H15BN4O8S. The van der Waals surface area contributed by atoms with Crippen LogP contribution in [0.15, 0.2) is 28.7 Å². The number of aliphatic carboxylic acids is 1. The number of nitrogens with two attached hydrogens (primary N) is 1. The molecule has 14 heteroatoms. The summed E-state index contributed by atoms with van der Waals surface area (Å²) in [7, 11) is -1.54. The maximum absolute atomic E-state index is 12.7. The van der Waals surface area contributed by atoms with E-state index in [0.717, 1.165) is 11.3 Å². The van der Waals surface area contributed by atoms with Gasteiger partial charge in [-0.1, -0.05) is 17.3 Å². The highest BCUT2D eigenvalue weighted by atomic mass is 32.1. The molecule has 156 valence electrons. The molecule has 1 amide bonds. The second kappa shape index (κ2) is 8.79. The normalized spacial score (nSPS) is 15.7. The molecule has 1 aromatic heterocycles. The summed E-state index contributed by atoms with van der Waals surface area (Å²) < 4.78 is 5.32. The molecule has 0 radical (unpaired) electrons. The molecule has 2 heterocycles. The molecule has 12 nitrogen and oxygen atoms in total. The molecule has 6 N–H and O–H groups in total. The molecule has 1 aromatic carbocycles. The first kappa shape index (κ1) is 21.1. The van der Waals surface area contributed by atoms with Gasteiger partial charge in [0.15, 0.2) is 10.8 Å². The van der Waals surface area contributed by atoms with Gasteiger partial charge in [0.05, 0.1) is 11.5 Å². The van der Waals surface area contributed by atoms with Gasteiger partial charge in [-0.2, -0.15) is 0 Å². The second-order valence-electron chi connectivity index (χ2n) is 6.07. The third-order valence-electron chi connectivity index (χ3n) is 3.99. The number of nitrogen functional groups attached to an aromatic ring is 1. The highest BCUT2D eigenvalue weighted by Crippen LogP contribution is 2.30. The number of carbonyl (C=O) groups is 3. The minimum atomic E-state index is -1.54. The van der Waals surface area contributed by atoms with E-state index in [4.69, 9.17) is 15.5 Å². The van der Waals surface area contributed by atoms with E-state index in [1.807, 2.05) is 0 Å². The summed E-state index contributed by atoms with van der Waals surface area (Å²) >= 11 is 1.04. The fourth-order valence-electron chi connectivity index (χ4n) is 2.71. The molecule has 0 spiro atoms. The van der Waals surface area contributed by atoms with E-state index in [-0.39, 0.29) is 34.3 Å². The third kappa shape index (κ3) is 4.67. The predicted octanol–water partition coefficient (Wildman–Crippen LogP) is -0.632. The van der Waals surface area contributed by atoms with E-state index in [2.05, 4.69) is 20.3 Å². The largest absolute Gasteiger partial charge is 0.547 e. The zero-order valence-electron chi connectivity index (χ0n) is 15.1. The lowest BCUT2D eigenvalue weighted by Gasteiger charge is -2.28. The van der Waals surface area contributed by atoms with Crippen LogP contribution in [-0.2, 0) is 20.8 Å². The van der Waals surface area contributed by atoms with Gasteiger partial charge in [-0.3, -0.25) is 4.79 Å². The van der Waals surface area contributed by atoms with Crippen LogP contribution >= 0.6 is 11.3 Å². The van der Waals surface area contributed by atoms with Crippen molar-refractivity contribution in [3.63, 3.8) is 0 Å². The summed E-state index contributed by atoms with van der Waals surface area (Å²) in [6.07, 6.45) is 0.0752. The lowest BCUT2D eigenvalue weighted by Crippen LogP contribution is -2.54. The highest BCUT2D eigenvalue weighted by Gasteiger charge is 2.38. The van der Waals surface area contributed by atoms with E-state index < -0.39 is 37.5 Å². The van der Waals surface area contributed by atoms with E-state index in [1.54, 1.807) is 6.07 Å². The van der Waals surface area contributed by atoms with Crippen LogP contribution in [0.3, 0.4) is 0 Å². The number of hydrogen-bond acceptors (Lipinski definition) is 10. The smallest absolute Gasteiger partial charge is 0.534 e. The molecule has 1 aliphatic heterocycles. The number of aromatic nitrogens is 1. The number of aromatic carboxylic acids is 1. The summed E-state index contributed by atoms with van der Waals surface area (Å²) in [5.41, 5.74) is 5.64. The molecule has 30 heavy (non-hydrogen) atoms. The van der Waals surface area contributed by atoms with Gasteiger partial charge < -0.3 is 35.8 Å². The van der Waals surface area contributed by atoms with Gasteiger partial charge in [0, 0.05) is 5.38 Å². The van der Waals surface area contributed by atoms with Crippen molar-refractivity contribution in [1.82, 2.24) is 10.3 Å². The maximum Gasteiger partial charge on any atom is 0.547 e. The number of rotatable bonds is 7. The number of anilines is 1. The molecule has 1 aliphatic rings. The minimum Gasteiger partial charge on any atom is -0.534 e. The van der Waals surface area contributed by atoms with E-state index >= 15 is 0 Å². The van der Waals surface area contributed by atoms with Gasteiger partial charge in [-0.25, -0.2) is 14.6 Å². The minimum absolute atomic E-state index is 0.0222. The Morgan fingerprint density at radius 3 is 2.80 bits per heavy atom. The molecule has 0 fully saturated rings. The molecule has 0 saturated carbocycles. The summed E-state index contributed by atoms with van der Waals surface area (Å²) in [6.45, 7) is -0.781. The van der Waals surface area contributed by atoms with E-state index in [9.17, 15) is 24.5 Å². The Balaban J connectivity index is 1.81. The molecule has 1 unspecified atom stereocenters. The Labute approximate surface area is 173 Å². The maximum atomic E-state index is 12.7. The van der Waals surface area contributed by atoms with Gasteiger partial charge in [-0.05, 0) is 18.1 Å². The summed E-state index contributed by atoms with van der Waals surface area (Å²) in [5, 5.41) is 35.8. The van der Waals surface area contributed by atoms with Gasteiger partial charge >= 0.3 is 19.1 Å². The quantitative estimate of drug-likeness (QED) is 0.213. The summed E-state index contributed by atoms with van der Waals surface area (Å²) in [6, 6.07) is 4.47. The number of hydrogen-bond donors (Lipinski definition) is 5. The van der Waals surface area contributed by atoms with Crippen LogP contribution in [0.5, 0.6) is 5.75 Å². The number of oxime groups is 1. The van der Waals surface area contributed by atoms with Crippen LogP contribution in [0.25, 0.3) is 0 Å². The van der Waals surface area contributed by atoms with Gasteiger partial charge in [0.25, 0.3) is 5.91 Å². The Kier molecular flexibility index (Phi) is 6.18. The zero-order valence-corrected chi connectivity index (χ0v) is 16.0. The van der Waals surface area contributed by atoms with Crippen LogP contribution in [0.2, 0.25) is 0 Å². The molecule has 0 aliphatic carbocycles. The van der Waals surface area contributed by atoms with E-state index in [0.29, 0.717) is 5.56 Å². The number of carboxylic acid groups (broad SMARTS) is 2. The van der Waals surface area contributed by atoms with Crippen molar-refractivity contribution in [2.45, 2.75) is 12.4 Å². The van der Waals surface area contributed by atoms with E-state index in [1.165, 1.54) is 17.5 Å². The molecule has 1 atom stereocenters. The SMILES string of the molecule is Nc1nc(C(=NOCC(=O)O)C(=O)NC2Cc3cccc(C(=O)O)c3OB2O)cs1. The first-order valence-electron chi connectivity index (χ1n) is 8.40. The first-order chi connectivity index (χ1) is 14.3. The number of amides is 1. The highest BCUT2D eigenvalue weighted by molar-refractivity contribution is 7.13. The standard InChI is InChI=1S/C16H15BN4O8S/c18-16-19-9(6-30-16)12(21-28-5-11(22)23)14(24)20-10-4-7-2-1-3-8(15(25)26)13(7)29-17(10)27/h1-3,6,10,27H,4-5H2,(H2,18,19)(H,20,24)(H,22,23)(H,25,26). The van der Waals surface area contributed by atoms with Gasteiger partial charge in [-0.15, -0.1) is 11.3 Å². The lowest BCUT2D eigenvalue weighted by molar-refractivity contribution is -0.142. The van der Waals surface area contributed by atoms with Crippen LogP contribution < -0.4 is 15.7 Å². The Bertz CT molecular complexity index is 1030. The fraction of sp³-hybridized carbons (Fsp3) is 0.188. The number of fused-ring (bicyclic) bond motifs is 1. The molecule has 3 rings (SSSR count). The Morgan fingerprint density at radius 1 is 1.40 bits per heavy atom. The van der Waals surface area contributed by atoms with Crippen molar-refractivity contribution >= 4 is 47.1 Å². The fourth-order valence-corrected chi connectivity index (χ4v) is 3.25. The monoisotopic (exact) mass is 434 g/mol. The van der Waals surface area contributed by atoms with Crippen molar-refractivity contribution in [3.8, 4) is 5.75 Å². The average molecular weight is 434 g/mol. The third-order valence-corrected chi connectivity index (χ3v) is 4.66. The Morgan fingerprint density at radius 2 is 2.17 bits per heavy atom. The number of thiazole rings is 1. The van der Waals surface area contributed by atoms with Crippen LogP contribution in [0, 0.1) is 0 Å². The molecule has 2 aromatic rings. The Hall–Kier alpha value is -3.65. The topological polar surface area (TPSA) is 194 Å². The number of benzene rings is 1. The van der Waals surface area contributed by atoms with Crippen LogP contribution in [0.1, 0.15) is 21.6 Å². The van der Waals surface area contributed by atoms with Gasteiger partial charge in [0.2, 0.25) is 6.61 Å². The van der Waals surface area contributed by atoms with Crippen LogP contribution in [-0.4, -0.2) is 63.4 Å². The number of nitrogens with one attached hydrogen (secondary N) is 1. The van der Waals surface area contributed by atoms with Crippen molar-refractivity contribution in [2.75, 3.05) is 12.3 Å². The van der Waals surface area contributed by atoms with Crippen molar-refractivity contribution in [2.24, 2.45) is 5.16 Å². The number of para-hydroxylation sites is 1. The predicted molar refractivity (Wildman–Crippen MR) is 104 cm³/mol. The molecular weight excluding hydrogens is 419 g/mol. The number of carboxylic acids is 2. The lowest BCUT2D eigenvalue weighted by atomic mass is 9.72. The van der Waals surface area contributed by atoms with Crippen LogP contribution in [0.4, 0.5) is 5.13 Å². The zero-order chi connectivity index (χ0) is 21.8. The summed E-state index contributed by atoms with van der Waals surface area (Å²) in [4.78, 5) is 43.2. The first-order valence-corrected chi connectivity index (χ1v) is 9.28. The summed E-state index contributed by atoms with van der Waals surface area (Å²) in [5.74, 6) is -4.26.